The molecule has 0 amide bonds. The smallest absolute Gasteiger partial charge is 0.407 e. The fourth-order valence-corrected chi connectivity index (χ4v) is 2.30. The minimum Gasteiger partial charge on any atom is -0.407 e. The molecule has 3 rings (SSSR count). The SMILES string of the molecule is Cc1ccc(-c2cc(C)c3oc(=O)n(C)c3c2)cc1. The zero-order valence-corrected chi connectivity index (χ0v) is 11.2. The molecule has 1 aromatic heterocycles. The molecule has 19 heavy (non-hydrogen) atoms. The molecule has 0 saturated heterocycles. The van der Waals surface area contributed by atoms with Crippen molar-refractivity contribution in [3.05, 3.63) is 58.1 Å². The van der Waals surface area contributed by atoms with E-state index < -0.39 is 0 Å². The molecule has 96 valence electrons. The van der Waals surface area contributed by atoms with Crippen LogP contribution in [0.5, 0.6) is 0 Å². The van der Waals surface area contributed by atoms with Crippen LogP contribution < -0.4 is 5.76 Å². The first-order valence-electron chi connectivity index (χ1n) is 6.23. The molecule has 0 unspecified atom stereocenters. The zero-order valence-electron chi connectivity index (χ0n) is 11.2. The fraction of sp³-hybridized carbons (Fsp3) is 0.188. The first-order valence-corrected chi connectivity index (χ1v) is 6.23. The Morgan fingerprint density at radius 2 is 1.68 bits per heavy atom. The van der Waals surface area contributed by atoms with E-state index in [4.69, 9.17) is 4.42 Å². The van der Waals surface area contributed by atoms with Gasteiger partial charge in [-0.3, -0.25) is 4.57 Å². The summed E-state index contributed by atoms with van der Waals surface area (Å²) in [5, 5.41) is 0. The van der Waals surface area contributed by atoms with E-state index in [0.29, 0.717) is 5.58 Å². The molecule has 1 heterocycles. The van der Waals surface area contributed by atoms with Crippen LogP contribution in [0.1, 0.15) is 11.1 Å². The minimum absolute atomic E-state index is 0.320. The summed E-state index contributed by atoms with van der Waals surface area (Å²) in [6.45, 7) is 4.03. The van der Waals surface area contributed by atoms with Crippen molar-refractivity contribution in [1.29, 1.82) is 0 Å². The van der Waals surface area contributed by atoms with E-state index in [0.717, 1.165) is 22.2 Å². The number of benzene rings is 2. The molecule has 0 fully saturated rings. The summed E-state index contributed by atoms with van der Waals surface area (Å²) in [6, 6.07) is 12.4. The van der Waals surface area contributed by atoms with Gasteiger partial charge in [-0.05, 0) is 42.7 Å². The molecule has 0 spiro atoms. The number of hydrogen-bond donors (Lipinski definition) is 0. The topological polar surface area (TPSA) is 35.1 Å². The van der Waals surface area contributed by atoms with Crippen LogP contribution in [-0.2, 0) is 7.05 Å². The minimum atomic E-state index is -0.320. The van der Waals surface area contributed by atoms with Crippen molar-refractivity contribution < 1.29 is 4.42 Å². The summed E-state index contributed by atoms with van der Waals surface area (Å²) in [4.78, 5) is 11.6. The predicted molar refractivity (Wildman–Crippen MR) is 76.4 cm³/mol. The van der Waals surface area contributed by atoms with Crippen LogP contribution in [0.4, 0.5) is 0 Å². The number of fused-ring (bicyclic) bond motifs is 1. The maximum atomic E-state index is 11.6. The Hall–Kier alpha value is -2.29. The molecule has 0 radical (unpaired) electrons. The Morgan fingerprint density at radius 3 is 2.37 bits per heavy atom. The molecule has 0 saturated carbocycles. The van der Waals surface area contributed by atoms with Gasteiger partial charge in [0.2, 0.25) is 0 Å². The quantitative estimate of drug-likeness (QED) is 0.666. The van der Waals surface area contributed by atoms with Gasteiger partial charge in [0.15, 0.2) is 5.58 Å². The summed E-state index contributed by atoms with van der Waals surface area (Å²) < 4.78 is 6.79. The second-order valence-electron chi connectivity index (χ2n) is 4.93. The van der Waals surface area contributed by atoms with Gasteiger partial charge in [0, 0.05) is 7.05 Å². The number of aryl methyl sites for hydroxylation is 3. The van der Waals surface area contributed by atoms with E-state index in [1.54, 1.807) is 11.6 Å². The average molecular weight is 253 g/mol. The first kappa shape index (κ1) is 11.8. The summed E-state index contributed by atoms with van der Waals surface area (Å²) in [5.41, 5.74) is 5.96. The molecular weight excluding hydrogens is 238 g/mol. The first-order chi connectivity index (χ1) is 9.06. The number of rotatable bonds is 1. The van der Waals surface area contributed by atoms with E-state index in [1.807, 2.05) is 13.0 Å². The van der Waals surface area contributed by atoms with E-state index >= 15 is 0 Å². The van der Waals surface area contributed by atoms with Gasteiger partial charge in [-0.25, -0.2) is 4.79 Å². The van der Waals surface area contributed by atoms with Crippen LogP contribution in [0, 0.1) is 13.8 Å². The molecule has 0 aliphatic heterocycles. The highest BCUT2D eigenvalue weighted by Gasteiger charge is 2.10. The van der Waals surface area contributed by atoms with Gasteiger partial charge in [-0.2, -0.15) is 0 Å². The third-order valence-electron chi connectivity index (χ3n) is 3.46. The van der Waals surface area contributed by atoms with Crippen LogP contribution in [0.2, 0.25) is 0 Å². The van der Waals surface area contributed by atoms with Crippen LogP contribution in [-0.4, -0.2) is 4.57 Å². The lowest BCUT2D eigenvalue weighted by atomic mass is 10.0. The molecule has 3 aromatic rings. The maximum absolute atomic E-state index is 11.6. The van der Waals surface area contributed by atoms with Gasteiger partial charge in [0.05, 0.1) is 5.52 Å². The normalized spacial score (nSPS) is 11.1. The van der Waals surface area contributed by atoms with Crippen molar-refractivity contribution >= 4 is 11.1 Å². The van der Waals surface area contributed by atoms with E-state index in [9.17, 15) is 4.79 Å². The third-order valence-corrected chi connectivity index (χ3v) is 3.46. The second kappa shape index (κ2) is 4.12. The molecule has 0 atom stereocenters. The number of oxazole rings is 1. The number of hydrogen-bond acceptors (Lipinski definition) is 2. The Morgan fingerprint density at radius 1 is 1.00 bits per heavy atom. The summed E-state index contributed by atoms with van der Waals surface area (Å²) in [5.74, 6) is -0.320. The summed E-state index contributed by atoms with van der Waals surface area (Å²) >= 11 is 0. The highest BCUT2D eigenvalue weighted by atomic mass is 16.4. The Kier molecular flexibility index (Phi) is 2.56. The van der Waals surface area contributed by atoms with E-state index in [1.165, 1.54) is 5.56 Å². The van der Waals surface area contributed by atoms with Gasteiger partial charge >= 0.3 is 5.76 Å². The Balaban J connectivity index is 2.28. The lowest BCUT2D eigenvalue weighted by Gasteiger charge is -2.05. The molecular formula is C16H15NO2. The van der Waals surface area contributed by atoms with Gasteiger partial charge < -0.3 is 4.42 Å². The fourth-order valence-electron chi connectivity index (χ4n) is 2.30. The largest absolute Gasteiger partial charge is 0.419 e. The zero-order chi connectivity index (χ0) is 13.6. The molecule has 0 aliphatic rings. The third kappa shape index (κ3) is 1.87. The van der Waals surface area contributed by atoms with Crippen LogP contribution in [0.25, 0.3) is 22.2 Å². The second-order valence-corrected chi connectivity index (χ2v) is 4.93. The van der Waals surface area contributed by atoms with Gasteiger partial charge in [-0.1, -0.05) is 29.8 Å². The highest BCUT2D eigenvalue weighted by Crippen LogP contribution is 2.27. The predicted octanol–water partition coefficient (Wildman–Crippen LogP) is 3.42. The van der Waals surface area contributed by atoms with Crippen molar-refractivity contribution in [2.75, 3.05) is 0 Å². The molecule has 3 nitrogen and oxygen atoms in total. The lowest BCUT2D eigenvalue weighted by Crippen LogP contribution is -2.08. The molecule has 0 aliphatic carbocycles. The summed E-state index contributed by atoms with van der Waals surface area (Å²) in [7, 11) is 1.73. The lowest BCUT2D eigenvalue weighted by molar-refractivity contribution is 0.526. The van der Waals surface area contributed by atoms with Crippen LogP contribution >= 0.6 is 0 Å². The van der Waals surface area contributed by atoms with Crippen molar-refractivity contribution in [2.45, 2.75) is 13.8 Å². The van der Waals surface area contributed by atoms with Crippen LogP contribution in [0.3, 0.4) is 0 Å². The Bertz CT molecular complexity index is 807. The highest BCUT2D eigenvalue weighted by molar-refractivity contribution is 5.83. The average Bonchev–Trinajstić information content (AvgIpc) is 2.68. The van der Waals surface area contributed by atoms with Crippen molar-refractivity contribution in [3.8, 4) is 11.1 Å². The van der Waals surface area contributed by atoms with Crippen LogP contribution in [0.15, 0.2) is 45.6 Å². The standard InChI is InChI=1S/C16H15NO2/c1-10-4-6-12(7-5-10)13-8-11(2)15-14(9-13)17(3)16(18)19-15/h4-9H,1-3H3. The van der Waals surface area contributed by atoms with Crippen molar-refractivity contribution in [2.24, 2.45) is 7.05 Å². The Labute approximate surface area is 111 Å². The van der Waals surface area contributed by atoms with Crippen molar-refractivity contribution in [3.63, 3.8) is 0 Å². The van der Waals surface area contributed by atoms with Gasteiger partial charge in [-0.15, -0.1) is 0 Å². The van der Waals surface area contributed by atoms with Gasteiger partial charge in [0.25, 0.3) is 0 Å². The van der Waals surface area contributed by atoms with Crippen molar-refractivity contribution in [1.82, 2.24) is 4.57 Å². The molecule has 0 bridgehead atoms. The summed E-state index contributed by atoms with van der Waals surface area (Å²) in [6.07, 6.45) is 0. The monoisotopic (exact) mass is 253 g/mol. The maximum Gasteiger partial charge on any atom is 0.419 e. The molecule has 2 aromatic carbocycles. The number of aromatic nitrogens is 1. The molecule has 0 N–H and O–H groups in total. The van der Waals surface area contributed by atoms with E-state index in [-0.39, 0.29) is 5.76 Å². The van der Waals surface area contributed by atoms with E-state index in [2.05, 4.69) is 37.3 Å². The van der Waals surface area contributed by atoms with Gasteiger partial charge in [0.1, 0.15) is 0 Å². The number of nitrogens with zero attached hydrogens (tertiary/aromatic N) is 1. The molecule has 3 heteroatoms.